The van der Waals surface area contributed by atoms with Crippen LogP contribution < -0.4 is 0 Å². The number of carbonyl (C=O) groups excluding carboxylic acids is 1. The summed E-state index contributed by atoms with van der Waals surface area (Å²) in [4.78, 5) is 11.5. The first-order valence-electron chi connectivity index (χ1n) is 6.62. The van der Waals surface area contributed by atoms with Crippen molar-refractivity contribution >= 4 is 5.97 Å². The predicted octanol–water partition coefficient (Wildman–Crippen LogP) is -1.77. The fourth-order valence-electron chi connectivity index (χ4n) is 1.94. The molecule has 0 saturated carbocycles. The zero-order chi connectivity index (χ0) is 15.3. The van der Waals surface area contributed by atoms with Crippen molar-refractivity contribution in [2.24, 2.45) is 0 Å². The molecule has 5 N–H and O–H groups in total. The maximum Gasteiger partial charge on any atom is 0.357 e. The van der Waals surface area contributed by atoms with E-state index >= 15 is 0 Å². The van der Waals surface area contributed by atoms with Gasteiger partial charge in [0, 0.05) is 6.42 Å². The van der Waals surface area contributed by atoms with Crippen LogP contribution in [-0.4, -0.2) is 68.5 Å². The summed E-state index contributed by atoms with van der Waals surface area (Å²) in [6.07, 6.45) is -4.54. The van der Waals surface area contributed by atoms with Gasteiger partial charge in [-0.2, -0.15) is 0 Å². The van der Waals surface area contributed by atoms with Crippen LogP contribution in [0, 0.1) is 0 Å². The quantitative estimate of drug-likeness (QED) is 0.220. The molecule has 1 aliphatic heterocycles. The normalized spacial score (nSPS) is 37.7. The van der Waals surface area contributed by atoms with E-state index in [9.17, 15) is 25.2 Å². The van der Waals surface area contributed by atoms with Gasteiger partial charge in [-0.25, -0.2) is 0 Å². The van der Waals surface area contributed by atoms with Gasteiger partial charge in [0.25, 0.3) is 0 Å². The van der Waals surface area contributed by atoms with E-state index in [1.807, 2.05) is 6.92 Å². The van der Waals surface area contributed by atoms with Gasteiger partial charge in [-0.05, 0) is 6.42 Å². The third-order valence-corrected chi connectivity index (χ3v) is 3.17. The Hall–Kier alpha value is -0.770. The molecule has 1 aliphatic rings. The molecule has 0 radical (unpaired) electrons. The maximum absolute atomic E-state index is 11.5. The molecule has 1 saturated heterocycles. The Labute approximate surface area is 116 Å². The third kappa shape index (κ3) is 3.87. The number of carbonyl (C=O) groups is 1. The monoisotopic (exact) mass is 294 g/mol. The van der Waals surface area contributed by atoms with Crippen molar-refractivity contribution in [1.29, 1.82) is 0 Å². The molecule has 0 aromatic rings. The fraction of sp³-hybridized carbons (Fsp3) is 0.917. The van der Waals surface area contributed by atoms with Crippen LogP contribution in [0.1, 0.15) is 32.6 Å². The van der Waals surface area contributed by atoms with Crippen molar-refractivity contribution in [3.63, 3.8) is 0 Å². The molecule has 0 amide bonds. The lowest BCUT2D eigenvalue weighted by Gasteiger charge is -2.43. The van der Waals surface area contributed by atoms with E-state index in [0.29, 0.717) is 6.42 Å². The summed E-state index contributed by atoms with van der Waals surface area (Å²) in [5.41, 5.74) is 0. The van der Waals surface area contributed by atoms with Gasteiger partial charge in [0.2, 0.25) is 0 Å². The Bertz CT molecular complexity index is 321. The van der Waals surface area contributed by atoms with E-state index in [2.05, 4.69) is 4.74 Å². The predicted molar refractivity (Wildman–Crippen MR) is 65.2 cm³/mol. The molecule has 0 bridgehead atoms. The molecule has 8 heteroatoms. The van der Waals surface area contributed by atoms with Crippen LogP contribution in [0.3, 0.4) is 0 Å². The minimum Gasteiger partial charge on any atom is -0.406 e. The average molecular weight is 294 g/mol. The van der Waals surface area contributed by atoms with Crippen molar-refractivity contribution in [1.82, 2.24) is 0 Å². The average Bonchev–Trinajstić information content (AvgIpc) is 2.41. The zero-order valence-corrected chi connectivity index (χ0v) is 11.3. The highest BCUT2D eigenvalue weighted by Crippen LogP contribution is 2.29. The van der Waals surface area contributed by atoms with Crippen molar-refractivity contribution in [2.45, 2.75) is 63.0 Å². The van der Waals surface area contributed by atoms with Crippen molar-refractivity contribution in [3.05, 3.63) is 0 Å². The number of aliphatic hydroxyl groups excluding tert-OH is 4. The lowest BCUT2D eigenvalue weighted by Crippen LogP contribution is -2.66. The number of aliphatic hydroxyl groups is 5. The molecule has 0 spiro atoms. The maximum atomic E-state index is 11.5. The molecule has 1 rings (SSSR count). The van der Waals surface area contributed by atoms with Crippen LogP contribution >= 0.6 is 0 Å². The van der Waals surface area contributed by atoms with Gasteiger partial charge in [-0.15, -0.1) is 0 Å². The number of unbranched alkanes of at least 4 members (excludes halogenated alkanes) is 2. The molecule has 0 aromatic heterocycles. The van der Waals surface area contributed by atoms with E-state index in [1.165, 1.54) is 0 Å². The fourth-order valence-corrected chi connectivity index (χ4v) is 1.94. The highest BCUT2D eigenvalue weighted by molar-refractivity contribution is 5.69. The van der Waals surface area contributed by atoms with E-state index in [1.54, 1.807) is 0 Å². The highest BCUT2D eigenvalue weighted by Gasteiger charge is 2.55. The van der Waals surface area contributed by atoms with Crippen LogP contribution in [-0.2, 0) is 14.3 Å². The van der Waals surface area contributed by atoms with E-state index in [0.717, 1.165) is 12.8 Å². The van der Waals surface area contributed by atoms with E-state index in [4.69, 9.17) is 9.84 Å². The highest BCUT2D eigenvalue weighted by atomic mass is 16.8. The molecule has 118 valence electrons. The molecule has 5 atom stereocenters. The van der Waals surface area contributed by atoms with Gasteiger partial charge in [-0.1, -0.05) is 19.8 Å². The van der Waals surface area contributed by atoms with Gasteiger partial charge < -0.3 is 35.0 Å². The Morgan fingerprint density at radius 1 is 1.25 bits per heavy atom. The first-order valence-corrected chi connectivity index (χ1v) is 6.62. The summed E-state index contributed by atoms with van der Waals surface area (Å²) in [6.45, 7) is 1.23. The molecule has 0 aliphatic carbocycles. The van der Waals surface area contributed by atoms with Gasteiger partial charge in [-0.3, -0.25) is 4.79 Å². The summed E-state index contributed by atoms with van der Waals surface area (Å²) in [7, 11) is 0. The lowest BCUT2D eigenvalue weighted by molar-refractivity contribution is -0.434. The zero-order valence-electron chi connectivity index (χ0n) is 11.3. The van der Waals surface area contributed by atoms with Crippen molar-refractivity contribution < 1.29 is 39.8 Å². The smallest absolute Gasteiger partial charge is 0.357 e. The Morgan fingerprint density at radius 3 is 2.45 bits per heavy atom. The summed E-state index contributed by atoms with van der Waals surface area (Å²) in [5.74, 6) is -3.59. The molecular formula is C12H22O8. The van der Waals surface area contributed by atoms with Gasteiger partial charge in [0.1, 0.15) is 18.3 Å². The second-order valence-electron chi connectivity index (χ2n) is 4.83. The molecule has 8 nitrogen and oxygen atoms in total. The second kappa shape index (κ2) is 7.30. The van der Waals surface area contributed by atoms with Crippen LogP contribution in [0.4, 0.5) is 0 Å². The molecule has 0 aromatic carbocycles. The Kier molecular flexibility index (Phi) is 6.31. The number of rotatable bonds is 6. The Morgan fingerprint density at radius 2 is 1.90 bits per heavy atom. The standard InChI is InChI=1S/C12H22O8/c1-2-3-4-5-8(14)20-12(18)11(17)10(16)9(15)7(6-13)19-12/h7,9-11,13,15-18H,2-6H2,1H3/t7-,9-,10+,11-,12?/m1/s1. The van der Waals surface area contributed by atoms with Gasteiger partial charge in [0.15, 0.2) is 6.10 Å². The van der Waals surface area contributed by atoms with Crippen LogP contribution in [0.25, 0.3) is 0 Å². The number of hydrogen-bond donors (Lipinski definition) is 5. The SMILES string of the molecule is CCCCCC(=O)OC1(O)O[C@H](CO)[C@@H](O)[C@H](O)[C@H]1O. The van der Waals surface area contributed by atoms with Gasteiger partial charge in [0.05, 0.1) is 6.61 Å². The first-order chi connectivity index (χ1) is 9.35. The molecule has 1 heterocycles. The largest absolute Gasteiger partial charge is 0.406 e. The minimum absolute atomic E-state index is 0.0225. The van der Waals surface area contributed by atoms with Crippen LogP contribution in [0.5, 0.6) is 0 Å². The summed E-state index contributed by atoms with van der Waals surface area (Å²) < 4.78 is 9.45. The van der Waals surface area contributed by atoms with Crippen LogP contribution in [0.2, 0.25) is 0 Å². The molecular weight excluding hydrogens is 272 g/mol. The molecule has 1 fully saturated rings. The lowest BCUT2D eigenvalue weighted by atomic mass is 9.98. The summed E-state index contributed by atoms with van der Waals surface area (Å²) in [6, 6.07) is 0. The molecule has 20 heavy (non-hydrogen) atoms. The first kappa shape index (κ1) is 17.3. The molecule has 1 unspecified atom stereocenters. The minimum atomic E-state index is -2.78. The summed E-state index contributed by atoms with van der Waals surface area (Å²) in [5, 5.41) is 47.7. The Balaban J connectivity index is 2.67. The van der Waals surface area contributed by atoms with Crippen molar-refractivity contribution in [3.8, 4) is 0 Å². The van der Waals surface area contributed by atoms with E-state index in [-0.39, 0.29) is 6.42 Å². The number of ether oxygens (including phenoxy) is 2. The van der Waals surface area contributed by atoms with Gasteiger partial charge >= 0.3 is 11.9 Å². The van der Waals surface area contributed by atoms with Crippen LogP contribution in [0.15, 0.2) is 0 Å². The number of esters is 1. The third-order valence-electron chi connectivity index (χ3n) is 3.17. The van der Waals surface area contributed by atoms with Crippen molar-refractivity contribution in [2.75, 3.05) is 6.61 Å². The second-order valence-corrected chi connectivity index (χ2v) is 4.83. The topological polar surface area (TPSA) is 137 Å². The van der Waals surface area contributed by atoms with E-state index < -0.39 is 43.0 Å². The number of hydrogen-bond acceptors (Lipinski definition) is 8. The summed E-state index contributed by atoms with van der Waals surface area (Å²) >= 11 is 0.